The molecule has 19 heavy (non-hydrogen) atoms. The molecule has 1 N–H and O–H groups in total. The van der Waals surface area contributed by atoms with Gasteiger partial charge in [0.05, 0.1) is 31.8 Å². The minimum atomic E-state index is -0.996. The molecule has 6 heteroatoms. The molecular weight excluding hydrogens is 272 g/mol. The Balaban J connectivity index is 2.73. The SMILES string of the molecule is COc1cc(OC)c(OC)c(C2(C(=O)O)CC2)c1Cl. The average molecular weight is 287 g/mol. The van der Waals surface area contributed by atoms with E-state index in [0.717, 1.165) is 0 Å². The molecule has 0 atom stereocenters. The van der Waals surface area contributed by atoms with Crippen LogP contribution in [0.2, 0.25) is 5.02 Å². The molecule has 1 aromatic carbocycles. The Bertz CT molecular complexity index is 522. The van der Waals surface area contributed by atoms with Crippen molar-refractivity contribution in [1.82, 2.24) is 0 Å². The van der Waals surface area contributed by atoms with E-state index in [1.54, 1.807) is 6.07 Å². The van der Waals surface area contributed by atoms with Gasteiger partial charge in [-0.25, -0.2) is 0 Å². The number of halogens is 1. The van der Waals surface area contributed by atoms with E-state index in [1.807, 2.05) is 0 Å². The number of carbonyl (C=O) groups is 1. The summed E-state index contributed by atoms with van der Waals surface area (Å²) in [5.74, 6) is 0.226. The van der Waals surface area contributed by atoms with Crippen molar-refractivity contribution in [1.29, 1.82) is 0 Å². The summed E-state index contributed by atoms with van der Waals surface area (Å²) >= 11 is 6.27. The zero-order chi connectivity index (χ0) is 14.2. The molecule has 2 rings (SSSR count). The van der Waals surface area contributed by atoms with E-state index in [2.05, 4.69) is 0 Å². The van der Waals surface area contributed by atoms with Crippen LogP contribution in [0.15, 0.2) is 6.07 Å². The van der Waals surface area contributed by atoms with Gasteiger partial charge in [-0.2, -0.15) is 0 Å². The zero-order valence-corrected chi connectivity index (χ0v) is 11.7. The van der Waals surface area contributed by atoms with E-state index in [4.69, 9.17) is 25.8 Å². The van der Waals surface area contributed by atoms with Gasteiger partial charge in [0, 0.05) is 11.6 Å². The van der Waals surface area contributed by atoms with Crippen molar-refractivity contribution in [3.8, 4) is 17.2 Å². The van der Waals surface area contributed by atoms with E-state index in [9.17, 15) is 9.90 Å². The van der Waals surface area contributed by atoms with Gasteiger partial charge in [0.2, 0.25) is 0 Å². The topological polar surface area (TPSA) is 65.0 Å². The second-order valence-corrected chi connectivity index (χ2v) is 4.77. The number of methoxy groups -OCH3 is 3. The molecule has 104 valence electrons. The number of carboxylic acids is 1. The molecule has 0 heterocycles. The van der Waals surface area contributed by atoms with Gasteiger partial charge in [0.25, 0.3) is 0 Å². The largest absolute Gasteiger partial charge is 0.495 e. The van der Waals surface area contributed by atoms with Crippen LogP contribution in [0.25, 0.3) is 0 Å². The first-order chi connectivity index (χ1) is 9.01. The third-order valence-corrected chi connectivity index (χ3v) is 3.81. The first kappa shape index (κ1) is 13.8. The first-order valence-electron chi connectivity index (χ1n) is 5.74. The van der Waals surface area contributed by atoms with Crippen molar-refractivity contribution < 1.29 is 24.1 Å². The Morgan fingerprint density at radius 2 is 1.79 bits per heavy atom. The van der Waals surface area contributed by atoms with Gasteiger partial charge in [-0.15, -0.1) is 0 Å². The Labute approximate surface area is 116 Å². The number of carboxylic acid groups (broad SMARTS) is 1. The fourth-order valence-electron chi connectivity index (χ4n) is 2.22. The average Bonchev–Trinajstić information content (AvgIpc) is 3.19. The molecule has 0 unspecified atom stereocenters. The highest BCUT2D eigenvalue weighted by Crippen LogP contribution is 2.58. The predicted molar refractivity (Wildman–Crippen MR) is 69.7 cm³/mol. The Kier molecular flexibility index (Phi) is 3.49. The molecule has 1 aliphatic carbocycles. The monoisotopic (exact) mass is 286 g/mol. The summed E-state index contributed by atoms with van der Waals surface area (Å²) in [5.41, 5.74) is -0.565. The van der Waals surface area contributed by atoms with Crippen LogP contribution in [-0.2, 0) is 10.2 Å². The molecule has 1 aliphatic rings. The van der Waals surface area contributed by atoms with Crippen LogP contribution in [0, 0.1) is 0 Å². The lowest BCUT2D eigenvalue weighted by Gasteiger charge is -2.20. The van der Waals surface area contributed by atoms with Crippen molar-refractivity contribution in [2.75, 3.05) is 21.3 Å². The van der Waals surface area contributed by atoms with Crippen LogP contribution in [-0.4, -0.2) is 32.4 Å². The fraction of sp³-hybridized carbons (Fsp3) is 0.462. The molecule has 1 aromatic rings. The van der Waals surface area contributed by atoms with Crippen LogP contribution < -0.4 is 14.2 Å². The number of rotatable bonds is 5. The number of hydrogen-bond acceptors (Lipinski definition) is 4. The fourth-order valence-corrected chi connectivity index (χ4v) is 2.62. The molecular formula is C13H15ClO5. The van der Waals surface area contributed by atoms with Crippen LogP contribution in [0.5, 0.6) is 17.2 Å². The molecule has 0 spiro atoms. The summed E-state index contributed by atoms with van der Waals surface area (Å²) in [4.78, 5) is 11.5. The van der Waals surface area contributed by atoms with Gasteiger partial charge in [-0.05, 0) is 12.8 Å². The van der Waals surface area contributed by atoms with Crippen molar-refractivity contribution in [2.24, 2.45) is 0 Å². The minimum absolute atomic E-state index is 0.264. The lowest BCUT2D eigenvalue weighted by Crippen LogP contribution is -2.21. The van der Waals surface area contributed by atoms with E-state index < -0.39 is 11.4 Å². The third-order valence-electron chi connectivity index (χ3n) is 3.43. The standard InChI is InChI=1S/C13H15ClO5/c1-17-7-6-8(18-2)11(19-3)9(10(7)14)13(4-5-13)12(15)16/h6H,4-5H2,1-3H3,(H,15,16). The number of hydrogen-bond donors (Lipinski definition) is 1. The first-order valence-corrected chi connectivity index (χ1v) is 6.12. The molecule has 1 saturated carbocycles. The predicted octanol–water partition coefficient (Wildman–Crippen LogP) is 2.48. The van der Waals surface area contributed by atoms with Gasteiger partial charge in [-0.3, -0.25) is 4.79 Å². The maximum Gasteiger partial charge on any atom is 0.314 e. The van der Waals surface area contributed by atoms with Crippen LogP contribution in [0.4, 0.5) is 0 Å². The maximum absolute atomic E-state index is 11.5. The van der Waals surface area contributed by atoms with Crippen LogP contribution in [0.3, 0.4) is 0 Å². The summed E-state index contributed by atoms with van der Waals surface area (Å²) in [6.45, 7) is 0. The summed E-state index contributed by atoms with van der Waals surface area (Å²) in [5, 5.41) is 9.70. The highest BCUT2D eigenvalue weighted by Gasteiger charge is 2.55. The summed E-state index contributed by atoms with van der Waals surface area (Å²) < 4.78 is 15.7. The third kappa shape index (κ3) is 1.98. The highest BCUT2D eigenvalue weighted by molar-refractivity contribution is 6.33. The van der Waals surface area contributed by atoms with Crippen molar-refractivity contribution in [2.45, 2.75) is 18.3 Å². The van der Waals surface area contributed by atoms with Crippen LogP contribution in [0.1, 0.15) is 18.4 Å². The molecule has 0 aliphatic heterocycles. The molecule has 1 fully saturated rings. The summed E-state index contributed by atoms with van der Waals surface area (Å²) in [6.07, 6.45) is 1.05. The summed E-state index contributed by atoms with van der Waals surface area (Å²) in [6, 6.07) is 1.59. The molecule has 0 bridgehead atoms. The smallest absolute Gasteiger partial charge is 0.314 e. The lowest BCUT2D eigenvalue weighted by molar-refractivity contribution is -0.140. The van der Waals surface area contributed by atoms with Crippen molar-refractivity contribution in [3.63, 3.8) is 0 Å². The van der Waals surface area contributed by atoms with Gasteiger partial charge in [0.1, 0.15) is 5.75 Å². The number of ether oxygens (including phenoxy) is 3. The lowest BCUT2D eigenvalue weighted by atomic mass is 9.94. The van der Waals surface area contributed by atoms with E-state index in [0.29, 0.717) is 35.7 Å². The second-order valence-electron chi connectivity index (χ2n) is 4.39. The molecule has 5 nitrogen and oxygen atoms in total. The molecule has 0 aromatic heterocycles. The number of benzene rings is 1. The van der Waals surface area contributed by atoms with Gasteiger partial charge < -0.3 is 19.3 Å². The minimum Gasteiger partial charge on any atom is -0.495 e. The molecule has 0 saturated heterocycles. The summed E-state index contributed by atoms with van der Waals surface area (Å²) in [7, 11) is 4.41. The van der Waals surface area contributed by atoms with Gasteiger partial charge in [0.15, 0.2) is 11.5 Å². The highest BCUT2D eigenvalue weighted by atomic mass is 35.5. The van der Waals surface area contributed by atoms with E-state index >= 15 is 0 Å². The van der Waals surface area contributed by atoms with Crippen molar-refractivity contribution in [3.05, 3.63) is 16.7 Å². The molecule has 0 radical (unpaired) electrons. The maximum atomic E-state index is 11.5. The zero-order valence-electron chi connectivity index (χ0n) is 10.9. The number of aliphatic carboxylic acids is 1. The normalized spacial score (nSPS) is 15.8. The van der Waals surface area contributed by atoms with Crippen molar-refractivity contribution >= 4 is 17.6 Å². The van der Waals surface area contributed by atoms with Crippen LogP contribution >= 0.6 is 11.6 Å². The molecule has 0 amide bonds. The van der Waals surface area contributed by atoms with Gasteiger partial charge in [-0.1, -0.05) is 11.6 Å². The quantitative estimate of drug-likeness (QED) is 0.901. The Hall–Kier alpha value is -1.62. The Morgan fingerprint density at radius 3 is 2.16 bits per heavy atom. The van der Waals surface area contributed by atoms with E-state index in [-0.39, 0.29) is 5.02 Å². The van der Waals surface area contributed by atoms with Gasteiger partial charge >= 0.3 is 5.97 Å². The second kappa shape index (κ2) is 4.81. The Morgan fingerprint density at radius 1 is 1.21 bits per heavy atom. The van der Waals surface area contributed by atoms with E-state index in [1.165, 1.54) is 21.3 Å².